The summed E-state index contributed by atoms with van der Waals surface area (Å²) in [7, 11) is 0. The SMILES string of the molecule is C=CCN(CC)C(=O)c1cc(Br)ccc1N. The Morgan fingerprint density at radius 3 is 2.88 bits per heavy atom. The number of benzene rings is 1. The summed E-state index contributed by atoms with van der Waals surface area (Å²) >= 11 is 3.33. The Hall–Kier alpha value is -1.29. The molecule has 1 rings (SSSR count). The van der Waals surface area contributed by atoms with Crippen LogP contribution in [-0.4, -0.2) is 23.9 Å². The molecular weight excluding hydrogens is 268 g/mol. The third-order valence-electron chi connectivity index (χ3n) is 2.26. The summed E-state index contributed by atoms with van der Waals surface area (Å²) in [6, 6.07) is 5.28. The van der Waals surface area contributed by atoms with Gasteiger partial charge in [0.05, 0.1) is 5.56 Å². The lowest BCUT2D eigenvalue weighted by Crippen LogP contribution is -2.31. The van der Waals surface area contributed by atoms with Crippen molar-refractivity contribution < 1.29 is 4.79 Å². The van der Waals surface area contributed by atoms with Crippen molar-refractivity contribution in [2.75, 3.05) is 18.8 Å². The van der Waals surface area contributed by atoms with Crippen molar-refractivity contribution in [3.8, 4) is 0 Å². The number of hydrogen-bond acceptors (Lipinski definition) is 2. The first kappa shape index (κ1) is 12.8. The van der Waals surface area contributed by atoms with Gasteiger partial charge in [-0.05, 0) is 25.1 Å². The average molecular weight is 283 g/mol. The van der Waals surface area contributed by atoms with E-state index < -0.39 is 0 Å². The molecule has 16 heavy (non-hydrogen) atoms. The Bertz CT molecular complexity index is 404. The average Bonchev–Trinajstić information content (AvgIpc) is 2.28. The van der Waals surface area contributed by atoms with Gasteiger partial charge in [-0.25, -0.2) is 0 Å². The van der Waals surface area contributed by atoms with Crippen molar-refractivity contribution in [1.29, 1.82) is 0 Å². The second kappa shape index (κ2) is 5.70. The number of nitrogens with zero attached hydrogens (tertiary/aromatic N) is 1. The molecule has 1 amide bonds. The predicted molar refractivity (Wildman–Crippen MR) is 70.3 cm³/mol. The highest BCUT2D eigenvalue weighted by Gasteiger charge is 2.15. The van der Waals surface area contributed by atoms with E-state index in [1.54, 1.807) is 23.1 Å². The first-order chi connectivity index (χ1) is 7.60. The molecule has 0 atom stereocenters. The Morgan fingerprint density at radius 1 is 1.62 bits per heavy atom. The lowest BCUT2D eigenvalue weighted by atomic mass is 10.1. The molecule has 0 unspecified atom stereocenters. The summed E-state index contributed by atoms with van der Waals surface area (Å²) in [5.41, 5.74) is 6.81. The first-order valence-corrected chi connectivity index (χ1v) is 5.84. The Balaban J connectivity index is 3.02. The number of halogens is 1. The zero-order valence-corrected chi connectivity index (χ0v) is 10.8. The standard InChI is InChI=1S/C12H15BrN2O/c1-3-7-15(4-2)12(16)10-8-9(13)5-6-11(10)14/h3,5-6,8H,1,4,7,14H2,2H3. The third kappa shape index (κ3) is 2.85. The van der Waals surface area contributed by atoms with Gasteiger partial charge in [0.2, 0.25) is 0 Å². The van der Waals surface area contributed by atoms with Gasteiger partial charge in [0.25, 0.3) is 5.91 Å². The highest BCUT2D eigenvalue weighted by atomic mass is 79.9. The highest BCUT2D eigenvalue weighted by Crippen LogP contribution is 2.20. The largest absolute Gasteiger partial charge is 0.398 e. The molecule has 0 spiro atoms. The molecule has 3 nitrogen and oxygen atoms in total. The fourth-order valence-electron chi connectivity index (χ4n) is 1.40. The van der Waals surface area contributed by atoms with Crippen molar-refractivity contribution in [1.82, 2.24) is 4.90 Å². The maximum atomic E-state index is 12.1. The van der Waals surface area contributed by atoms with Crippen LogP contribution in [0.2, 0.25) is 0 Å². The number of amides is 1. The van der Waals surface area contributed by atoms with Gasteiger partial charge >= 0.3 is 0 Å². The molecule has 0 aliphatic rings. The smallest absolute Gasteiger partial charge is 0.256 e. The van der Waals surface area contributed by atoms with E-state index in [9.17, 15) is 4.79 Å². The summed E-state index contributed by atoms with van der Waals surface area (Å²) < 4.78 is 0.847. The number of nitrogen functional groups attached to an aromatic ring is 1. The molecule has 0 saturated heterocycles. The van der Waals surface area contributed by atoms with Gasteiger partial charge in [0.1, 0.15) is 0 Å². The fraction of sp³-hybridized carbons (Fsp3) is 0.250. The van der Waals surface area contributed by atoms with E-state index in [-0.39, 0.29) is 5.91 Å². The minimum atomic E-state index is -0.0683. The molecule has 0 aliphatic carbocycles. The van der Waals surface area contributed by atoms with Crippen LogP contribution in [0.25, 0.3) is 0 Å². The summed E-state index contributed by atoms with van der Waals surface area (Å²) in [6.07, 6.45) is 1.70. The zero-order valence-electron chi connectivity index (χ0n) is 9.24. The van der Waals surface area contributed by atoms with E-state index in [1.807, 2.05) is 13.0 Å². The topological polar surface area (TPSA) is 46.3 Å². The molecule has 0 heterocycles. The van der Waals surface area contributed by atoms with Crippen LogP contribution in [0.1, 0.15) is 17.3 Å². The summed E-state index contributed by atoms with van der Waals surface area (Å²) in [5, 5.41) is 0. The van der Waals surface area contributed by atoms with Crippen LogP contribution in [0.3, 0.4) is 0 Å². The van der Waals surface area contributed by atoms with E-state index in [4.69, 9.17) is 5.73 Å². The van der Waals surface area contributed by atoms with Gasteiger partial charge in [0, 0.05) is 23.2 Å². The Labute approximate surface area is 104 Å². The highest BCUT2D eigenvalue weighted by molar-refractivity contribution is 9.10. The maximum absolute atomic E-state index is 12.1. The molecule has 4 heteroatoms. The molecule has 0 bridgehead atoms. The van der Waals surface area contributed by atoms with Crippen LogP contribution >= 0.6 is 15.9 Å². The fourth-order valence-corrected chi connectivity index (χ4v) is 1.76. The van der Waals surface area contributed by atoms with E-state index in [0.717, 1.165) is 4.47 Å². The number of hydrogen-bond donors (Lipinski definition) is 1. The van der Waals surface area contributed by atoms with E-state index in [0.29, 0.717) is 24.3 Å². The van der Waals surface area contributed by atoms with E-state index >= 15 is 0 Å². The molecular formula is C12H15BrN2O. The normalized spacial score (nSPS) is 9.88. The molecule has 0 aromatic heterocycles. The van der Waals surface area contributed by atoms with Crippen LogP contribution in [0, 0.1) is 0 Å². The Morgan fingerprint density at radius 2 is 2.31 bits per heavy atom. The van der Waals surface area contributed by atoms with E-state index in [2.05, 4.69) is 22.5 Å². The van der Waals surface area contributed by atoms with Crippen molar-refractivity contribution in [3.63, 3.8) is 0 Å². The molecule has 2 N–H and O–H groups in total. The molecule has 86 valence electrons. The minimum absolute atomic E-state index is 0.0683. The lowest BCUT2D eigenvalue weighted by Gasteiger charge is -2.19. The Kier molecular flexibility index (Phi) is 4.55. The van der Waals surface area contributed by atoms with Crippen LogP contribution in [0.5, 0.6) is 0 Å². The van der Waals surface area contributed by atoms with Gasteiger partial charge < -0.3 is 10.6 Å². The van der Waals surface area contributed by atoms with Gasteiger partial charge in [-0.1, -0.05) is 22.0 Å². The lowest BCUT2D eigenvalue weighted by molar-refractivity contribution is 0.0783. The quantitative estimate of drug-likeness (QED) is 0.682. The summed E-state index contributed by atoms with van der Waals surface area (Å²) in [6.45, 7) is 6.72. The number of rotatable bonds is 4. The van der Waals surface area contributed by atoms with E-state index in [1.165, 1.54) is 0 Å². The van der Waals surface area contributed by atoms with Crippen molar-refractivity contribution in [3.05, 3.63) is 40.9 Å². The first-order valence-electron chi connectivity index (χ1n) is 5.05. The van der Waals surface area contributed by atoms with Crippen LogP contribution in [0.4, 0.5) is 5.69 Å². The van der Waals surface area contributed by atoms with Gasteiger partial charge in [-0.3, -0.25) is 4.79 Å². The number of nitrogens with two attached hydrogens (primary N) is 1. The molecule has 0 saturated carbocycles. The molecule has 0 aliphatic heterocycles. The predicted octanol–water partition coefficient (Wildman–Crippen LogP) is 2.68. The maximum Gasteiger partial charge on any atom is 0.256 e. The van der Waals surface area contributed by atoms with Gasteiger partial charge in [-0.2, -0.15) is 0 Å². The van der Waals surface area contributed by atoms with Gasteiger partial charge in [-0.15, -0.1) is 6.58 Å². The molecule has 1 aromatic carbocycles. The van der Waals surface area contributed by atoms with Crippen LogP contribution < -0.4 is 5.73 Å². The number of carbonyl (C=O) groups excluding carboxylic acids is 1. The minimum Gasteiger partial charge on any atom is -0.398 e. The van der Waals surface area contributed by atoms with Gasteiger partial charge in [0.15, 0.2) is 0 Å². The summed E-state index contributed by atoms with van der Waals surface area (Å²) in [4.78, 5) is 13.8. The zero-order chi connectivity index (χ0) is 12.1. The van der Waals surface area contributed by atoms with Crippen LogP contribution in [0.15, 0.2) is 35.3 Å². The van der Waals surface area contributed by atoms with Crippen molar-refractivity contribution >= 4 is 27.5 Å². The van der Waals surface area contributed by atoms with Crippen LogP contribution in [-0.2, 0) is 0 Å². The monoisotopic (exact) mass is 282 g/mol. The van der Waals surface area contributed by atoms with Crippen molar-refractivity contribution in [2.45, 2.75) is 6.92 Å². The molecule has 1 aromatic rings. The second-order valence-corrected chi connectivity index (χ2v) is 4.28. The summed E-state index contributed by atoms with van der Waals surface area (Å²) in [5.74, 6) is -0.0683. The number of carbonyl (C=O) groups is 1. The molecule has 0 fully saturated rings. The number of likely N-dealkylation sites (N-methyl/N-ethyl adjacent to an activating group) is 1. The van der Waals surface area contributed by atoms with Crippen molar-refractivity contribution in [2.24, 2.45) is 0 Å². The third-order valence-corrected chi connectivity index (χ3v) is 2.76. The number of anilines is 1. The molecule has 0 radical (unpaired) electrons. The second-order valence-electron chi connectivity index (χ2n) is 3.36.